The van der Waals surface area contributed by atoms with Gasteiger partial charge in [-0.15, -0.1) is 0 Å². The van der Waals surface area contributed by atoms with E-state index in [1.807, 2.05) is 30.3 Å². The largest absolute Gasteiger partial charge is 0.394 e. The molecule has 5 heteroatoms. The van der Waals surface area contributed by atoms with Gasteiger partial charge in [-0.3, -0.25) is 9.59 Å². The van der Waals surface area contributed by atoms with Crippen molar-refractivity contribution in [3.05, 3.63) is 35.9 Å². The second kappa shape index (κ2) is 8.67. The van der Waals surface area contributed by atoms with E-state index in [1.165, 1.54) is 6.42 Å². The first-order chi connectivity index (χ1) is 12.7. The molecule has 0 radical (unpaired) electrons. The summed E-state index contributed by atoms with van der Waals surface area (Å²) in [5.74, 6) is -0.409. The molecule has 1 unspecified atom stereocenters. The van der Waals surface area contributed by atoms with Crippen LogP contribution in [0.25, 0.3) is 0 Å². The molecule has 0 aromatic heterocycles. The number of rotatable bonds is 6. The predicted octanol–water partition coefficient (Wildman–Crippen LogP) is 2.42. The molecule has 142 valence electrons. The lowest BCUT2D eigenvalue weighted by molar-refractivity contribution is -0.133. The lowest BCUT2D eigenvalue weighted by Gasteiger charge is -2.31. The van der Waals surface area contributed by atoms with Gasteiger partial charge in [-0.2, -0.15) is 0 Å². The van der Waals surface area contributed by atoms with Crippen molar-refractivity contribution in [2.45, 2.75) is 75.3 Å². The maximum atomic E-state index is 13.1. The number of hydrogen-bond acceptors (Lipinski definition) is 3. The number of aliphatic hydroxyl groups is 1. The maximum Gasteiger partial charge on any atom is 0.245 e. The molecule has 3 rings (SSSR count). The molecule has 2 aliphatic carbocycles. The van der Waals surface area contributed by atoms with Crippen molar-refractivity contribution in [3.63, 3.8) is 0 Å². The minimum absolute atomic E-state index is 0.140. The van der Waals surface area contributed by atoms with Crippen molar-refractivity contribution < 1.29 is 14.7 Å². The van der Waals surface area contributed by atoms with Gasteiger partial charge in [-0.05, 0) is 31.2 Å². The minimum atomic E-state index is -0.884. The Morgan fingerprint density at radius 3 is 2.31 bits per heavy atom. The van der Waals surface area contributed by atoms with E-state index in [9.17, 15) is 14.7 Å². The summed E-state index contributed by atoms with van der Waals surface area (Å²) in [5.41, 5.74) is 0.416. The Morgan fingerprint density at radius 1 is 1.04 bits per heavy atom. The van der Waals surface area contributed by atoms with Crippen LogP contribution in [0.4, 0.5) is 0 Å². The van der Waals surface area contributed by atoms with Gasteiger partial charge in [0.1, 0.15) is 6.04 Å². The van der Waals surface area contributed by atoms with Crippen LogP contribution in [-0.2, 0) is 15.0 Å². The fraction of sp³-hybridized carbons (Fsp3) is 0.619. The predicted molar refractivity (Wildman–Crippen MR) is 101 cm³/mol. The Kier molecular flexibility index (Phi) is 6.30. The third kappa shape index (κ3) is 4.09. The van der Waals surface area contributed by atoms with Crippen LogP contribution >= 0.6 is 0 Å². The molecule has 0 spiro atoms. The van der Waals surface area contributed by atoms with Crippen molar-refractivity contribution >= 4 is 11.8 Å². The van der Waals surface area contributed by atoms with E-state index in [0.717, 1.165) is 56.9 Å². The highest BCUT2D eigenvalue weighted by Crippen LogP contribution is 2.41. The van der Waals surface area contributed by atoms with Gasteiger partial charge in [-0.25, -0.2) is 0 Å². The van der Waals surface area contributed by atoms with E-state index in [-0.39, 0.29) is 24.5 Å². The van der Waals surface area contributed by atoms with Crippen LogP contribution in [0, 0.1) is 0 Å². The van der Waals surface area contributed by atoms with E-state index in [4.69, 9.17) is 0 Å². The number of nitrogens with one attached hydrogen (secondary N) is 2. The van der Waals surface area contributed by atoms with Crippen molar-refractivity contribution in [3.8, 4) is 0 Å². The summed E-state index contributed by atoms with van der Waals surface area (Å²) in [6.07, 6.45) is 8.98. The van der Waals surface area contributed by atoms with Crippen molar-refractivity contribution in [2.75, 3.05) is 6.61 Å². The number of amides is 2. The standard InChI is InChI=1S/C21H30N2O3/c24-15-18(19(25)22-17-11-5-2-6-12-17)23-20(26)21(13-7-8-14-21)16-9-3-1-4-10-16/h1,3-4,9-10,17-18,24H,2,5-8,11-15H2,(H,22,25)(H,23,26). The molecule has 0 aliphatic heterocycles. The minimum Gasteiger partial charge on any atom is -0.394 e. The summed E-state index contributed by atoms with van der Waals surface area (Å²) in [4.78, 5) is 25.7. The van der Waals surface area contributed by atoms with Crippen molar-refractivity contribution in [1.29, 1.82) is 0 Å². The first-order valence-corrected chi connectivity index (χ1v) is 9.93. The van der Waals surface area contributed by atoms with Gasteiger partial charge in [-0.1, -0.05) is 62.4 Å². The lowest BCUT2D eigenvalue weighted by Crippen LogP contribution is -2.55. The summed E-state index contributed by atoms with van der Waals surface area (Å²) < 4.78 is 0. The summed E-state index contributed by atoms with van der Waals surface area (Å²) in [5, 5.41) is 15.5. The maximum absolute atomic E-state index is 13.1. The molecule has 5 nitrogen and oxygen atoms in total. The lowest BCUT2D eigenvalue weighted by atomic mass is 9.78. The normalized spacial score (nSPS) is 21.1. The molecule has 3 N–H and O–H groups in total. The van der Waals surface area contributed by atoms with Crippen LogP contribution in [0.15, 0.2) is 30.3 Å². The van der Waals surface area contributed by atoms with Gasteiger partial charge in [0, 0.05) is 6.04 Å². The highest BCUT2D eigenvalue weighted by Gasteiger charge is 2.43. The van der Waals surface area contributed by atoms with E-state index in [2.05, 4.69) is 10.6 Å². The zero-order valence-electron chi connectivity index (χ0n) is 15.4. The topological polar surface area (TPSA) is 78.4 Å². The molecule has 2 saturated carbocycles. The fourth-order valence-corrected chi connectivity index (χ4v) is 4.42. The third-order valence-electron chi connectivity index (χ3n) is 5.97. The first kappa shape index (κ1) is 18.9. The van der Waals surface area contributed by atoms with Gasteiger partial charge in [0.2, 0.25) is 11.8 Å². The average Bonchev–Trinajstić information content (AvgIpc) is 3.18. The molecule has 26 heavy (non-hydrogen) atoms. The summed E-state index contributed by atoms with van der Waals surface area (Å²) in [7, 11) is 0. The van der Waals surface area contributed by atoms with E-state index in [0.29, 0.717) is 0 Å². The van der Waals surface area contributed by atoms with Crippen LogP contribution in [0.1, 0.15) is 63.4 Å². The molecule has 0 bridgehead atoms. The van der Waals surface area contributed by atoms with Gasteiger partial charge in [0.15, 0.2) is 0 Å². The van der Waals surface area contributed by atoms with Crippen LogP contribution in [0.5, 0.6) is 0 Å². The second-order valence-electron chi connectivity index (χ2n) is 7.71. The Balaban J connectivity index is 1.68. The van der Waals surface area contributed by atoms with Crippen LogP contribution in [0.3, 0.4) is 0 Å². The van der Waals surface area contributed by atoms with Gasteiger partial charge < -0.3 is 15.7 Å². The quantitative estimate of drug-likeness (QED) is 0.731. The van der Waals surface area contributed by atoms with Gasteiger partial charge in [0.05, 0.1) is 12.0 Å². The van der Waals surface area contributed by atoms with E-state index >= 15 is 0 Å². The third-order valence-corrected chi connectivity index (χ3v) is 5.97. The monoisotopic (exact) mass is 358 g/mol. The summed E-state index contributed by atoms with van der Waals surface area (Å²) >= 11 is 0. The molecule has 2 aliphatic rings. The van der Waals surface area contributed by atoms with Crippen molar-refractivity contribution in [1.82, 2.24) is 10.6 Å². The van der Waals surface area contributed by atoms with Gasteiger partial charge in [0.25, 0.3) is 0 Å². The molecule has 1 aromatic rings. The zero-order valence-corrected chi connectivity index (χ0v) is 15.4. The van der Waals surface area contributed by atoms with E-state index < -0.39 is 11.5 Å². The van der Waals surface area contributed by atoms with E-state index in [1.54, 1.807) is 0 Å². The Bertz CT molecular complexity index is 605. The molecular formula is C21H30N2O3. The van der Waals surface area contributed by atoms with Crippen LogP contribution in [-0.4, -0.2) is 35.6 Å². The molecule has 1 atom stereocenters. The number of carbonyl (C=O) groups excluding carboxylic acids is 2. The summed E-state index contributed by atoms with van der Waals surface area (Å²) in [6.45, 7) is -0.380. The number of carbonyl (C=O) groups is 2. The molecule has 2 fully saturated rings. The van der Waals surface area contributed by atoms with Crippen molar-refractivity contribution in [2.24, 2.45) is 0 Å². The van der Waals surface area contributed by atoms with Crippen LogP contribution < -0.4 is 10.6 Å². The smallest absolute Gasteiger partial charge is 0.245 e. The van der Waals surface area contributed by atoms with Crippen LogP contribution in [0.2, 0.25) is 0 Å². The Hall–Kier alpha value is -1.88. The highest BCUT2D eigenvalue weighted by molar-refractivity contribution is 5.93. The molecule has 1 aromatic carbocycles. The number of hydrogen-bond donors (Lipinski definition) is 3. The zero-order chi connectivity index (χ0) is 18.4. The highest BCUT2D eigenvalue weighted by atomic mass is 16.3. The number of aliphatic hydroxyl groups excluding tert-OH is 1. The Morgan fingerprint density at radius 2 is 1.69 bits per heavy atom. The molecule has 0 saturated heterocycles. The first-order valence-electron chi connectivity index (χ1n) is 9.93. The number of benzene rings is 1. The molecular weight excluding hydrogens is 328 g/mol. The SMILES string of the molecule is O=C(NC1CCCCC1)C(CO)NC(=O)C1(c2ccccc2)CCCC1. The molecule has 0 heterocycles. The second-order valence-corrected chi connectivity index (χ2v) is 7.71. The van der Waals surface area contributed by atoms with Gasteiger partial charge >= 0.3 is 0 Å². The average molecular weight is 358 g/mol. The Labute approximate surface area is 155 Å². The molecule has 2 amide bonds. The summed E-state index contributed by atoms with van der Waals surface area (Å²) in [6, 6.07) is 9.09. The fourth-order valence-electron chi connectivity index (χ4n) is 4.42.